The van der Waals surface area contributed by atoms with E-state index in [4.69, 9.17) is 18.9 Å². The maximum absolute atomic E-state index is 5.66. The van der Waals surface area contributed by atoms with Crippen molar-refractivity contribution in [3.05, 3.63) is 60.7 Å². The van der Waals surface area contributed by atoms with Gasteiger partial charge in [0.15, 0.2) is 23.0 Å². The highest BCUT2D eigenvalue weighted by molar-refractivity contribution is 6.28. The summed E-state index contributed by atoms with van der Waals surface area (Å²) in [6.45, 7) is 0.549. The molecule has 0 N–H and O–H groups in total. The summed E-state index contributed by atoms with van der Waals surface area (Å²) in [5, 5.41) is 9.45. The van der Waals surface area contributed by atoms with E-state index in [1.54, 1.807) is 0 Å². The molecule has 7 rings (SSSR count). The fourth-order valence-electron chi connectivity index (χ4n) is 4.48. The van der Waals surface area contributed by atoms with Crippen molar-refractivity contribution in [3.8, 4) is 23.0 Å². The fourth-order valence-corrected chi connectivity index (χ4v) is 4.48. The van der Waals surface area contributed by atoms with Gasteiger partial charge >= 0.3 is 0 Å². The molecule has 28 heavy (non-hydrogen) atoms. The Labute approximate surface area is 159 Å². The van der Waals surface area contributed by atoms with Crippen LogP contribution in [0.3, 0.4) is 0 Å². The van der Waals surface area contributed by atoms with Crippen molar-refractivity contribution in [2.45, 2.75) is 0 Å². The second-order valence-electron chi connectivity index (χ2n) is 7.25. The smallest absolute Gasteiger partial charge is 0.231 e. The Morgan fingerprint density at radius 1 is 0.429 bits per heavy atom. The molecule has 0 amide bonds. The van der Waals surface area contributed by atoms with Gasteiger partial charge in [0.05, 0.1) is 0 Å². The van der Waals surface area contributed by atoms with E-state index in [2.05, 4.69) is 60.7 Å². The number of fused-ring (bicyclic) bond motifs is 9. The lowest BCUT2D eigenvalue weighted by Crippen LogP contribution is -1.92. The van der Waals surface area contributed by atoms with E-state index >= 15 is 0 Å². The van der Waals surface area contributed by atoms with E-state index in [-0.39, 0.29) is 13.6 Å². The third kappa shape index (κ3) is 1.79. The molecule has 5 aromatic carbocycles. The molecule has 134 valence electrons. The zero-order valence-corrected chi connectivity index (χ0v) is 14.8. The van der Waals surface area contributed by atoms with Crippen LogP contribution in [-0.4, -0.2) is 13.6 Å². The van der Waals surface area contributed by atoms with Crippen LogP contribution in [0.5, 0.6) is 23.0 Å². The molecule has 0 atom stereocenters. The molecule has 0 aliphatic carbocycles. The molecule has 0 radical (unpaired) electrons. The quantitative estimate of drug-likeness (QED) is 0.327. The molecule has 0 spiro atoms. The molecule has 4 nitrogen and oxygen atoms in total. The standard InChI is InChI=1S/C24H14O4/c1-2-14-4-6-16-8-20-22(28-12-26-20)10-18(16)24(14)23-13(1)3-5-15-7-19-21(9-17(15)23)27-11-25-19/h1-10H,11-12H2. The van der Waals surface area contributed by atoms with Gasteiger partial charge in [-0.15, -0.1) is 0 Å². The van der Waals surface area contributed by atoms with Gasteiger partial charge in [0.25, 0.3) is 0 Å². The monoisotopic (exact) mass is 366 g/mol. The van der Waals surface area contributed by atoms with Crippen LogP contribution in [0, 0.1) is 0 Å². The third-order valence-corrected chi connectivity index (χ3v) is 5.78. The van der Waals surface area contributed by atoms with Crippen molar-refractivity contribution in [3.63, 3.8) is 0 Å². The zero-order chi connectivity index (χ0) is 18.2. The summed E-state index contributed by atoms with van der Waals surface area (Å²) in [5.74, 6) is 3.21. The van der Waals surface area contributed by atoms with Crippen molar-refractivity contribution < 1.29 is 18.9 Å². The van der Waals surface area contributed by atoms with Gasteiger partial charge in [-0.1, -0.05) is 36.4 Å². The topological polar surface area (TPSA) is 36.9 Å². The number of benzene rings is 5. The molecule has 0 bridgehead atoms. The average Bonchev–Trinajstić information content (AvgIpc) is 3.38. The molecule has 0 unspecified atom stereocenters. The van der Waals surface area contributed by atoms with Gasteiger partial charge in [-0.2, -0.15) is 0 Å². The minimum Gasteiger partial charge on any atom is -0.454 e. The van der Waals surface area contributed by atoms with Gasteiger partial charge in [0.2, 0.25) is 13.6 Å². The lowest BCUT2D eigenvalue weighted by atomic mass is 9.92. The first-order valence-electron chi connectivity index (χ1n) is 9.26. The van der Waals surface area contributed by atoms with Gasteiger partial charge in [-0.05, 0) is 67.4 Å². The van der Waals surface area contributed by atoms with Crippen LogP contribution in [0.2, 0.25) is 0 Å². The summed E-state index contributed by atoms with van der Waals surface area (Å²) in [5.41, 5.74) is 0. The Kier molecular flexibility index (Phi) is 2.56. The molecule has 2 aliphatic rings. The predicted molar refractivity (Wildman–Crippen MR) is 109 cm³/mol. The molecule has 5 aromatic rings. The molecule has 2 heterocycles. The van der Waals surface area contributed by atoms with E-state index in [1.807, 2.05) is 0 Å². The summed E-state index contributed by atoms with van der Waals surface area (Å²) in [6, 6.07) is 21.3. The normalized spacial score (nSPS) is 14.6. The van der Waals surface area contributed by atoms with E-state index in [9.17, 15) is 0 Å². The molecule has 0 aromatic heterocycles. The van der Waals surface area contributed by atoms with Crippen molar-refractivity contribution in [2.75, 3.05) is 13.6 Å². The maximum atomic E-state index is 5.66. The Hall–Kier alpha value is -3.66. The minimum atomic E-state index is 0.275. The predicted octanol–water partition coefficient (Wildman–Crippen LogP) is 5.76. The lowest BCUT2D eigenvalue weighted by Gasteiger charge is -2.12. The second kappa shape index (κ2) is 4.98. The van der Waals surface area contributed by atoms with Crippen LogP contribution in [0.25, 0.3) is 43.1 Å². The molecule has 0 saturated heterocycles. The van der Waals surface area contributed by atoms with E-state index in [1.165, 1.54) is 21.5 Å². The van der Waals surface area contributed by atoms with Gasteiger partial charge in [-0.25, -0.2) is 0 Å². The number of ether oxygens (including phenoxy) is 4. The Bertz CT molecular complexity index is 1360. The highest BCUT2D eigenvalue weighted by Crippen LogP contribution is 2.44. The van der Waals surface area contributed by atoms with Crippen LogP contribution in [-0.2, 0) is 0 Å². The average molecular weight is 366 g/mol. The van der Waals surface area contributed by atoms with E-state index in [0.29, 0.717) is 0 Å². The number of rotatable bonds is 0. The fraction of sp³-hybridized carbons (Fsp3) is 0.0833. The summed E-state index contributed by atoms with van der Waals surface area (Å²) >= 11 is 0. The van der Waals surface area contributed by atoms with E-state index in [0.717, 1.165) is 44.5 Å². The summed E-state index contributed by atoms with van der Waals surface area (Å²) in [7, 11) is 0. The lowest BCUT2D eigenvalue weighted by molar-refractivity contribution is 0.173. The van der Waals surface area contributed by atoms with Crippen LogP contribution >= 0.6 is 0 Å². The molecule has 2 aliphatic heterocycles. The van der Waals surface area contributed by atoms with Crippen molar-refractivity contribution in [1.29, 1.82) is 0 Å². The van der Waals surface area contributed by atoms with Crippen LogP contribution in [0.4, 0.5) is 0 Å². The number of hydrogen-bond donors (Lipinski definition) is 0. The second-order valence-corrected chi connectivity index (χ2v) is 7.25. The Morgan fingerprint density at radius 2 is 0.786 bits per heavy atom. The molecule has 4 heteroatoms. The summed E-state index contributed by atoms with van der Waals surface area (Å²) in [6.07, 6.45) is 0. The maximum Gasteiger partial charge on any atom is 0.231 e. The largest absolute Gasteiger partial charge is 0.454 e. The Morgan fingerprint density at radius 3 is 1.21 bits per heavy atom. The molecule has 0 saturated carbocycles. The van der Waals surface area contributed by atoms with Gasteiger partial charge in [0, 0.05) is 0 Å². The molecule has 0 fully saturated rings. The SMILES string of the molecule is c1cc2ccc3ccc4cc5c(cc4c3c2c2cc3c(cc12)OCO3)OCO5. The first-order valence-corrected chi connectivity index (χ1v) is 9.26. The van der Waals surface area contributed by atoms with Gasteiger partial charge in [0.1, 0.15) is 0 Å². The van der Waals surface area contributed by atoms with Crippen molar-refractivity contribution in [1.82, 2.24) is 0 Å². The highest BCUT2D eigenvalue weighted by atomic mass is 16.7. The zero-order valence-electron chi connectivity index (χ0n) is 14.8. The molecular weight excluding hydrogens is 352 g/mol. The number of hydrogen-bond acceptors (Lipinski definition) is 4. The van der Waals surface area contributed by atoms with Gasteiger partial charge < -0.3 is 18.9 Å². The summed E-state index contributed by atoms with van der Waals surface area (Å²) in [4.78, 5) is 0. The van der Waals surface area contributed by atoms with Crippen LogP contribution in [0.1, 0.15) is 0 Å². The first kappa shape index (κ1) is 14.4. The highest BCUT2D eigenvalue weighted by Gasteiger charge is 2.19. The van der Waals surface area contributed by atoms with Crippen molar-refractivity contribution >= 4 is 43.1 Å². The van der Waals surface area contributed by atoms with E-state index < -0.39 is 0 Å². The summed E-state index contributed by atoms with van der Waals surface area (Å²) < 4.78 is 22.5. The van der Waals surface area contributed by atoms with Crippen LogP contribution in [0.15, 0.2) is 60.7 Å². The van der Waals surface area contributed by atoms with Gasteiger partial charge in [-0.3, -0.25) is 0 Å². The Balaban J connectivity index is 1.73. The third-order valence-electron chi connectivity index (χ3n) is 5.78. The minimum absolute atomic E-state index is 0.275. The first-order chi connectivity index (χ1) is 13.8. The molecular formula is C24H14O4. The van der Waals surface area contributed by atoms with Crippen molar-refractivity contribution in [2.24, 2.45) is 0 Å². The van der Waals surface area contributed by atoms with Crippen LogP contribution < -0.4 is 18.9 Å².